The molecule has 0 aromatic rings. The van der Waals surface area contributed by atoms with Crippen molar-refractivity contribution in [2.24, 2.45) is 0 Å². The summed E-state index contributed by atoms with van der Waals surface area (Å²) in [6, 6.07) is 1.22. The molecule has 1 unspecified atom stereocenters. The fraction of sp³-hybridized carbons (Fsp3) is 0.929. The first-order valence-electron chi connectivity index (χ1n) is 7.34. The van der Waals surface area contributed by atoms with Crippen LogP contribution in [0, 0.1) is 0 Å². The third-order valence-electron chi connectivity index (χ3n) is 4.02. The van der Waals surface area contributed by atoms with Crippen molar-refractivity contribution >= 4 is 5.91 Å². The molecule has 2 fully saturated rings. The van der Waals surface area contributed by atoms with E-state index in [1.165, 1.54) is 38.5 Å². The summed E-state index contributed by atoms with van der Waals surface area (Å²) in [7, 11) is 0. The summed E-state index contributed by atoms with van der Waals surface area (Å²) >= 11 is 0. The quantitative estimate of drug-likeness (QED) is 0.797. The van der Waals surface area contributed by atoms with Gasteiger partial charge in [-0.2, -0.15) is 0 Å². The Hall–Kier alpha value is -0.570. The van der Waals surface area contributed by atoms with Gasteiger partial charge in [0.15, 0.2) is 0 Å². The molecule has 1 N–H and O–H groups in total. The molecule has 0 aromatic heterocycles. The largest absolute Gasteiger partial charge is 0.340 e. The molecule has 2 aliphatic rings. The van der Waals surface area contributed by atoms with Crippen LogP contribution in [0.2, 0.25) is 0 Å². The predicted octanol–water partition coefficient (Wildman–Crippen LogP) is 2.31. The number of hydrogen-bond acceptors (Lipinski definition) is 2. The number of carbonyl (C=O) groups is 1. The van der Waals surface area contributed by atoms with Crippen molar-refractivity contribution in [3.8, 4) is 0 Å². The van der Waals surface area contributed by atoms with Crippen molar-refractivity contribution in [1.82, 2.24) is 10.2 Å². The molecule has 1 aliphatic heterocycles. The topological polar surface area (TPSA) is 32.3 Å². The maximum atomic E-state index is 12.2. The lowest BCUT2D eigenvalue weighted by atomic mass is 10.1. The number of hydrogen-bond donors (Lipinski definition) is 1. The molecule has 1 amide bonds. The van der Waals surface area contributed by atoms with Crippen molar-refractivity contribution < 1.29 is 4.79 Å². The van der Waals surface area contributed by atoms with Crippen LogP contribution in [0.3, 0.4) is 0 Å². The van der Waals surface area contributed by atoms with Crippen LogP contribution in [0.5, 0.6) is 0 Å². The van der Waals surface area contributed by atoms with Crippen LogP contribution in [0.1, 0.15) is 58.3 Å². The number of amides is 1. The molecular formula is C14H26N2O. The smallest absolute Gasteiger partial charge is 0.224 e. The highest BCUT2D eigenvalue weighted by atomic mass is 16.2. The van der Waals surface area contributed by atoms with Gasteiger partial charge in [0.2, 0.25) is 5.91 Å². The zero-order chi connectivity index (χ0) is 12.1. The van der Waals surface area contributed by atoms with Crippen LogP contribution in [0.4, 0.5) is 0 Å². The molecule has 0 spiro atoms. The lowest BCUT2D eigenvalue weighted by molar-refractivity contribution is -0.133. The van der Waals surface area contributed by atoms with Gasteiger partial charge in [-0.25, -0.2) is 0 Å². The van der Waals surface area contributed by atoms with E-state index in [1.807, 2.05) is 0 Å². The molecule has 1 atom stereocenters. The standard InChI is InChI=1S/C14H26N2O/c1-2-13-6-4-3-5-11-16(13)14(17)9-10-15-12-7-8-12/h12-13,15H,2-11H2,1H3. The molecule has 0 bridgehead atoms. The molecule has 1 saturated heterocycles. The van der Waals surface area contributed by atoms with E-state index in [0.717, 1.165) is 19.5 Å². The van der Waals surface area contributed by atoms with Gasteiger partial charge >= 0.3 is 0 Å². The van der Waals surface area contributed by atoms with Crippen LogP contribution >= 0.6 is 0 Å². The first-order chi connectivity index (χ1) is 8.31. The maximum absolute atomic E-state index is 12.2. The van der Waals surface area contributed by atoms with Gasteiger partial charge in [0.05, 0.1) is 0 Å². The van der Waals surface area contributed by atoms with Crippen molar-refractivity contribution in [3.05, 3.63) is 0 Å². The van der Waals surface area contributed by atoms with E-state index in [9.17, 15) is 4.79 Å². The highest BCUT2D eigenvalue weighted by Crippen LogP contribution is 2.21. The second kappa shape index (κ2) is 6.39. The van der Waals surface area contributed by atoms with E-state index in [4.69, 9.17) is 0 Å². The summed E-state index contributed by atoms with van der Waals surface area (Å²) in [5, 5.41) is 3.43. The molecule has 3 nitrogen and oxygen atoms in total. The minimum Gasteiger partial charge on any atom is -0.340 e. The number of carbonyl (C=O) groups excluding carboxylic acids is 1. The molecule has 2 rings (SSSR count). The maximum Gasteiger partial charge on any atom is 0.224 e. The molecule has 1 aliphatic carbocycles. The van der Waals surface area contributed by atoms with E-state index in [1.54, 1.807) is 0 Å². The van der Waals surface area contributed by atoms with Gasteiger partial charge in [-0.15, -0.1) is 0 Å². The van der Waals surface area contributed by atoms with Gasteiger partial charge in [0, 0.05) is 31.6 Å². The van der Waals surface area contributed by atoms with E-state index in [0.29, 0.717) is 24.4 Å². The highest BCUT2D eigenvalue weighted by Gasteiger charge is 2.25. The number of nitrogens with zero attached hydrogens (tertiary/aromatic N) is 1. The van der Waals surface area contributed by atoms with Gasteiger partial charge in [-0.1, -0.05) is 19.8 Å². The summed E-state index contributed by atoms with van der Waals surface area (Å²) in [4.78, 5) is 14.4. The van der Waals surface area contributed by atoms with Crippen molar-refractivity contribution in [1.29, 1.82) is 0 Å². The van der Waals surface area contributed by atoms with Gasteiger partial charge in [-0.3, -0.25) is 4.79 Å². The Labute approximate surface area is 105 Å². The minimum absolute atomic E-state index is 0.368. The Balaban J connectivity index is 1.76. The highest BCUT2D eigenvalue weighted by molar-refractivity contribution is 5.76. The minimum atomic E-state index is 0.368. The lowest BCUT2D eigenvalue weighted by Crippen LogP contribution is -2.40. The van der Waals surface area contributed by atoms with Crippen LogP contribution < -0.4 is 5.32 Å². The van der Waals surface area contributed by atoms with Gasteiger partial charge < -0.3 is 10.2 Å². The second-order valence-corrected chi connectivity index (χ2v) is 5.48. The molecule has 1 heterocycles. The lowest BCUT2D eigenvalue weighted by Gasteiger charge is -2.29. The fourth-order valence-corrected chi connectivity index (χ4v) is 2.74. The third kappa shape index (κ3) is 3.98. The normalized spacial score (nSPS) is 25.7. The number of likely N-dealkylation sites (tertiary alicyclic amines) is 1. The van der Waals surface area contributed by atoms with Gasteiger partial charge in [0.25, 0.3) is 0 Å². The fourth-order valence-electron chi connectivity index (χ4n) is 2.74. The Morgan fingerprint density at radius 1 is 1.24 bits per heavy atom. The van der Waals surface area contributed by atoms with Gasteiger partial charge in [0.1, 0.15) is 0 Å². The zero-order valence-electron chi connectivity index (χ0n) is 11.1. The van der Waals surface area contributed by atoms with Crippen molar-refractivity contribution in [2.75, 3.05) is 13.1 Å². The van der Waals surface area contributed by atoms with Crippen LogP contribution in [0.25, 0.3) is 0 Å². The van der Waals surface area contributed by atoms with E-state index in [2.05, 4.69) is 17.1 Å². The summed E-state index contributed by atoms with van der Waals surface area (Å²) < 4.78 is 0. The molecule has 17 heavy (non-hydrogen) atoms. The van der Waals surface area contributed by atoms with E-state index in [-0.39, 0.29) is 0 Å². The summed E-state index contributed by atoms with van der Waals surface area (Å²) in [5.74, 6) is 0.368. The first-order valence-corrected chi connectivity index (χ1v) is 7.34. The molecular weight excluding hydrogens is 212 g/mol. The Kier molecular flexibility index (Phi) is 4.84. The Morgan fingerprint density at radius 3 is 2.76 bits per heavy atom. The molecule has 0 aromatic carbocycles. The SMILES string of the molecule is CCC1CCCCCN1C(=O)CCNC1CC1. The first kappa shape index (κ1) is 12.9. The number of rotatable bonds is 5. The van der Waals surface area contributed by atoms with Crippen molar-refractivity contribution in [2.45, 2.75) is 70.4 Å². The average Bonchev–Trinajstić information content (AvgIpc) is 3.14. The third-order valence-corrected chi connectivity index (χ3v) is 4.02. The summed E-state index contributed by atoms with van der Waals surface area (Å²) in [6.07, 6.45) is 9.39. The molecule has 1 saturated carbocycles. The summed E-state index contributed by atoms with van der Waals surface area (Å²) in [6.45, 7) is 4.07. The molecule has 3 heteroatoms. The zero-order valence-corrected chi connectivity index (χ0v) is 11.1. The predicted molar refractivity (Wildman–Crippen MR) is 69.9 cm³/mol. The van der Waals surface area contributed by atoms with Crippen LogP contribution in [-0.2, 0) is 4.79 Å². The number of nitrogens with one attached hydrogen (secondary N) is 1. The summed E-state index contributed by atoms with van der Waals surface area (Å²) in [5.41, 5.74) is 0. The van der Waals surface area contributed by atoms with Crippen LogP contribution in [0.15, 0.2) is 0 Å². The van der Waals surface area contributed by atoms with E-state index >= 15 is 0 Å². The monoisotopic (exact) mass is 238 g/mol. The molecule has 98 valence electrons. The van der Waals surface area contributed by atoms with Crippen LogP contribution in [-0.4, -0.2) is 36.0 Å². The average molecular weight is 238 g/mol. The van der Waals surface area contributed by atoms with E-state index < -0.39 is 0 Å². The Bertz CT molecular complexity index is 251. The second-order valence-electron chi connectivity index (χ2n) is 5.48. The Morgan fingerprint density at radius 2 is 2.06 bits per heavy atom. The van der Waals surface area contributed by atoms with Crippen molar-refractivity contribution in [3.63, 3.8) is 0 Å². The molecule has 0 radical (unpaired) electrons. The van der Waals surface area contributed by atoms with Gasteiger partial charge in [-0.05, 0) is 32.1 Å².